The van der Waals surface area contributed by atoms with Crippen LogP contribution in [-0.4, -0.2) is 4.98 Å². The average Bonchev–Trinajstić information content (AvgIpc) is 3.88. The summed E-state index contributed by atoms with van der Waals surface area (Å²) in [5.74, 6) is 0.602. The molecule has 0 N–H and O–H groups in total. The summed E-state index contributed by atoms with van der Waals surface area (Å²) in [6.07, 6.45) is 0. The molecule has 2 heterocycles. The van der Waals surface area contributed by atoms with Gasteiger partial charge in [-0.25, -0.2) is 4.98 Å². The molecule has 0 saturated carbocycles. The molecule has 9 aromatic carbocycles. The molecule has 0 atom stereocenters. The molecule has 0 bridgehead atoms. The molecule has 4 heteroatoms. The third-order valence-electron chi connectivity index (χ3n) is 10.9. The molecule has 2 aromatic heterocycles. The zero-order valence-electron chi connectivity index (χ0n) is 30.8. The van der Waals surface area contributed by atoms with Gasteiger partial charge in [0.1, 0.15) is 16.7 Å². The zero-order chi connectivity index (χ0) is 37.7. The number of fused-ring (bicyclic) bond motifs is 5. The molecule has 0 radical (unpaired) electrons. The van der Waals surface area contributed by atoms with Gasteiger partial charge in [0, 0.05) is 44.7 Å². The van der Waals surface area contributed by atoms with Crippen molar-refractivity contribution in [1.82, 2.24) is 4.98 Å². The minimum absolute atomic E-state index is 0.602. The van der Waals surface area contributed by atoms with Crippen LogP contribution >= 0.6 is 0 Å². The Bertz CT molecular complexity index is 3200. The maximum Gasteiger partial charge on any atom is 0.227 e. The van der Waals surface area contributed by atoms with E-state index in [2.05, 4.69) is 175 Å². The van der Waals surface area contributed by atoms with E-state index in [1.807, 2.05) is 36.4 Å². The average molecular weight is 731 g/mol. The van der Waals surface area contributed by atoms with E-state index in [1.165, 1.54) is 33.0 Å². The van der Waals surface area contributed by atoms with Gasteiger partial charge in [0.2, 0.25) is 5.89 Å². The Balaban J connectivity index is 1.01. The van der Waals surface area contributed by atoms with Crippen LogP contribution in [0.5, 0.6) is 0 Å². The second kappa shape index (κ2) is 13.6. The van der Waals surface area contributed by atoms with Crippen LogP contribution in [0.25, 0.3) is 88.6 Å². The molecule has 0 spiro atoms. The van der Waals surface area contributed by atoms with E-state index >= 15 is 0 Å². The number of oxazole rings is 1. The van der Waals surface area contributed by atoms with Gasteiger partial charge in [0.15, 0.2) is 5.58 Å². The van der Waals surface area contributed by atoms with Gasteiger partial charge in [-0.3, -0.25) is 0 Å². The Morgan fingerprint density at radius 1 is 0.351 bits per heavy atom. The Labute approximate surface area is 329 Å². The molecular weight excluding hydrogens is 697 g/mol. The number of nitrogens with zero attached hydrogens (tertiary/aromatic N) is 2. The minimum Gasteiger partial charge on any atom is -0.455 e. The van der Waals surface area contributed by atoms with E-state index in [9.17, 15) is 0 Å². The van der Waals surface area contributed by atoms with Crippen molar-refractivity contribution in [2.24, 2.45) is 0 Å². The summed E-state index contributed by atoms with van der Waals surface area (Å²) in [6, 6.07) is 72.4. The summed E-state index contributed by atoms with van der Waals surface area (Å²) in [7, 11) is 0. The lowest BCUT2D eigenvalue weighted by molar-refractivity contribution is 0.617. The first-order valence-corrected chi connectivity index (χ1v) is 19.2. The van der Waals surface area contributed by atoms with Crippen LogP contribution in [0.4, 0.5) is 17.1 Å². The van der Waals surface area contributed by atoms with Crippen LogP contribution in [0.3, 0.4) is 0 Å². The van der Waals surface area contributed by atoms with E-state index < -0.39 is 0 Å². The predicted molar refractivity (Wildman–Crippen MR) is 235 cm³/mol. The summed E-state index contributed by atoms with van der Waals surface area (Å²) in [6.45, 7) is 0. The Morgan fingerprint density at radius 3 is 1.61 bits per heavy atom. The molecular formula is C53H34N2O2. The van der Waals surface area contributed by atoms with Crippen molar-refractivity contribution in [3.8, 4) is 44.8 Å². The maximum absolute atomic E-state index is 6.62. The van der Waals surface area contributed by atoms with E-state index in [0.717, 1.165) is 61.2 Å². The summed E-state index contributed by atoms with van der Waals surface area (Å²) in [5, 5.41) is 4.44. The van der Waals surface area contributed by atoms with Crippen LogP contribution in [0.2, 0.25) is 0 Å². The molecule has 268 valence electrons. The normalized spacial score (nSPS) is 11.5. The molecule has 11 aromatic rings. The number of rotatable bonds is 7. The van der Waals surface area contributed by atoms with Crippen LogP contribution in [0.1, 0.15) is 0 Å². The number of benzene rings is 9. The standard InChI is InChI=1S/C53H34N2O2/c1-4-13-35(14-5-1)36-23-27-40(28-24-36)55(49-32-31-42(37-15-6-2-7-16-37)44-19-10-11-20-45(44)49)41-29-25-38(26-30-41)43-21-12-22-46-47-33-48-51(34-50(47)56-52(43)46)57-53(54-48)39-17-8-3-9-18-39/h1-34H. The Hall–Kier alpha value is -7.69. The zero-order valence-corrected chi connectivity index (χ0v) is 30.8. The first-order valence-electron chi connectivity index (χ1n) is 19.2. The van der Waals surface area contributed by atoms with Crippen molar-refractivity contribution in [1.29, 1.82) is 0 Å². The highest BCUT2D eigenvalue weighted by molar-refractivity contribution is 6.12. The van der Waals surface area contributed by atoms with Gasteiger partial charge in [-0.05, 0) is 81.7 Å². The number of para-hydroxylation sites is 1. The smallest absolute Gasteiger partial charge is 0.227 e. The largest absolute Gasteiger partial charge is 0.455 e. The summed E-state index contributed by atoms with van der Waals surface area (Å²) in [4.78, 5) is 7.19. The molecule has 11 rings (SSSR count). The summed E-state index contributed by atoms with van der Waals surface area (Å²) < 4.78 is 12.8. The molecule has 4 nitrogen and oxygen atoms in total. The fourth-order valence-electron chi connectivity index (χ4n) is 8.15. The predicted octanol–water partition coefficient (Wildman–Crippen LogP) is 15.0. The van der Waals surface area contributed by atoms with Crippen molar-refractivity contribution < 1.29 is 8.83 Å². The third-order valence-corrected chi connectivity index (χ3v) is 10.9. The first kappa shape index (κ1) is 32.7. The lowest BCUT2D eigenvalue weighted by Gasteiger charge is -2.28. The Kier molecular flexibility index (Phi) is 7.78. The number of hydrogen-bond acceptors (Lipinski definition) is 4. The van der Waals surface area contributed by atoms with E-state index in [-0.39, 0.29) is 0 Å². The lowest BCUT2D eigenvalue weighted by atomic mass is 9.96. The molecule has 0 aliphatic carbocycles. The van der Waals surface area contributed by atoms with E-state index in [1.54, 1.807) is 0 Å². The number of aromatic nitrogens is 1. The Morgan fingerprint density at radius 2 is 0.912 bits per heavy atom. The van der Waals surface area contributed by atoms with Gasteiger partial charge in [0.25, 0.3) is 0 Å². The number of furan rings is 1. The molecule has 0 amide bonds. The quantitative estimate of drug-likeness (QED) is 0.164. The van der Waals surface area contributed by atoms with E-state index in [0.29, 0.717) is 11.5 Å². The highest BCUT2D eigenvalue weighted by Crippen LogP contribution is 2.44. The van der Waals surface area contributed by atoms with Gasteiger partial charge >= 0.3 is 0 Å². The fraction of sp³-hybridized carbons (Fsp3) is 0. The second-order valence-corrected chi connectivity index (χ2v) is 14.3. The summed E-state index contributed by atoms with van der Waals surface area (Å²) in [5.41, 5.74) is 14.2. The van der Waals surface area contributed by atoms with Crippen molar-refractivity contribution in [2.45, 2.75) is 0 Å². The molecule has 0 aliphatic rings. The summed E-state index contributed by atoms with van der Waals surface area (Å²) >= 11 is 0. The van der Waals surface area contributed by atoms with Crippen LogP contribution in [0.15, 0.2) is 215 Å². The van der Waals surface area contributed by atoms with Gasteiger partial charge in [-0.1, -0.05) is 152 Å². The van der Waals surface area contributed by atoms with E-state index in [4.69, 9.17) is 13.8 Å². The van der Waals surface area contributed by atoms with Gasteiger partial charge in [-0.15, -0.1) is 0 Å². The third kappa shape index (κ3) is 5.74. The molecule has 57 heavy (non-hydrogen) atoms. The number of anilines is 3. The van der Waals surface area contributed by atoms with Crippen molar-refractivity contribution in [3.63, 3.8) is 0 Å². The molecule has 0 fully saturated rings. The van der Waals surface area contributed by atoms with Gasteiger partial charge in [-0.2, -0.15) is 0 Å². The first-order chi connectivity index (χ1) is 28.2. The van der Waals surface area contributed by atoms with Crippen molar-refractivity contribution >= 4 is 60.9 Å². The fourth-order valence-corrected chi connectivity index (χ4v) is 8.15. The van der Waals surface area contributed by atoms with Crippen molar-refractivity contribution in [3.05, 3.63) is 206 Å². The van der Waals surface area contributed by atoms with Gasteiger partial charge in [0.05, 0.1) is 5.69 Å². The number of hydrogen-bond donors (Lipinski definition) is 0. The van der Waals surface area contributed by atoms with Crippen LogP contribution in [0, 0.1) is 0 Å². The van der Waals surface area contributed by atoms with Crippen molar-refractivity contribution in [2.75, 3.05) is 4.90 Å². The SMILES string of the molecule is c1ccc(-c2ccc(N(c3ccc(-c4cccc5c4oc4cc6oc(-c7ccccc7)nc6cc45)cc3)c3ccc(-c4ccccc4)c4ccccc34)cc2)cc1. The second-order valence-electron chi connectivity index (χ2n) is 14.3. The maximum atomic E-state index is 6.62. The van der Waals surface area contributed by atoms with Gasteiger partial charge < -0.3 is 13.7 Å². The monoisotopic (exact) mass is 730 g/mol. The lowest BCUT2D eigenvalue weighted by Crippen LogP contribution is -2.10. The van der Waals surface area contributed by atoms with Crippen LogP contribution < -0.4 is 4.90 Å². The minimum atomic E-state index is 0.602. The highest BCUT2D eigenvalue weighted by Gasteiger charge is 2.20. The molecule has 0 unspecified atom stereocenters. The molecule has 0 aliphatic heterocycles. The van der Waals surface area contributed by atoms with Crippen LogP contribution in [-0.2, 0) is 0 Å². The highest BCUT2D eigenvalue weighted by atomic mass is 16.4. The topological polar surface area (TPSA) is 42.4 Å². The molecule has 0 saturated heterocycles.